The van der Waals surface area contributed by atoms with E-state index in [0.717, 1.165) is 32.6 Å². The Kier molecular flexibility index (Phi) is 5.40. The lowest BCUT2D eigenvalue weighted by molar-refractivity contribution is -0.127. The molecule has 0 aliphatic carbocycles. The molecule has 1 unspecified atom stereocenters. The summed E-state index contributed by atoms with van der Waals surface area (Å²) in [5.74, 6) is 0.769. The highest BCUT2D eigenvalue weighted by Crippen LogP contribution is 2.14. The molecular formula is C12H21NO2. The van der Waals surface area contributed by atoms with Crippen LogP contribution in [0.3, 0.4) is 0 Å². The van der Waals surface area contributed by atoms with E-state index in [1.165, 1.54) is 0 Å². The molecule has 0 bridgehead atoms. The van der Waals surface area contributed by atoms with Crippen LogP contribution in [-0.4, -0.2) is 25.7 Å². The molecule has 1 aliphatic rings. The van der Waals surface area contributed by atoms with E-state index in [-0.39, 0.29) is 11.8 Å². The average molecular weight is 211 g/mol. The molecule has 1 saturated heterocycles. The standard InChI is InChI=1S/C12H21NO2/c1-3-4-10(2)9-13-12(14)11-5-7-15-8-6-11/h3-4,10-11H,5-9H2,1-2H3,(H,13,14)/b4-3-. The molecule has 1 N–H and O–H groups in total. The van der Waals surface area contributed by atoms with Crippen LogP contribution in [0.5, 0.6) is 0 Å². The molecule has 1 amide bonds. The van der Waals surface area contributed by atoms with Crippen LogP contribution in [0, 0.1) is 11.8 Å². The van der Waals surface area contributed by atoms with Crippen molar-refractivity contribution in [1.29, 1.82) is 0 Å². The van der Waals surface area contributed by atoms with Crippen molar-refractivity contribution < 1.29 is 9.53 Å². The van der Waals surface area contributed by atoms with Crippen molar-refractivity contribution in [2.45, 2.75) is 26.7 Å². The van der Waals surface area contributed by atoms with Gasteiger partial charge in [-0.2, -0.15) is 0 Å². The van der Waals surface area contributed by atoms with E-state index in [1.807, 2.05) is 13.0 Å². The van der Waals surface area contributed by atoms with Gasteiger partial charge in [-0.15, -0.1) is 0 Å². The van der Waals surface area contributed by atoms with Gasteiger partial charge in [0.15, 0.2) is 0 Å². The van der Waals surface area contributed by atoms with Crippen LogP contribution in [0.4, 0.5) is 0 Å². The van der Waals surface area contributed by atoms with Gasteiger partial charge in [0.25, 0.3) is 0 Å². The number of allylic oxidation sites excluding steroid dienone is 1. The Bertz CT molecular complexity index is 220. The lowest BCUT2D eigenvalue weighted by atomic mass is 9.99. The summed E-state index contributed by atoms with van der Waals surface area (Å²) in [4.78, 5) is 11.7. The summed E-state index contributed by atoms with van der Waals surface area (Å²) in [6.45, 7) is 6.28. The SMILES string of the molecule is C/C=C\C(C)CNC(=O)C1CCOCC1. The molecule has 3 nitrogen and oxygen atoms in total. The number of carbonyl (C=O) groups is 1. The highest BCUT2D eigenvalue weighted by atomic mass is 16.5. The van der Waals surface area contributed by atoms with Gasteiger partial charge in [-0.05, 0) is 25.7 Å². The Labute approximate surface area is 91.9 Å². The van der Waals surface area contributed by atoms with Crippen LogP contribution in [-0.2, 0) is 9.53 Å². The minimum absolute atomic E-state index is 0.163. The fraction of sp³-hybridized carbons (Fsp3) is 0.750. The molecular weight excluding hydrogens is 190 g/mol. The second kappa shape index (κ2) is 6.62. The van der Waals surface area contributed by atoms with Crippen molar-refractivity contribution >= 4 is 5.91 Å². The molecule has 1 heterocycles. The topological polar surface area (TPSA) is 38.3 Å². The number of nitrogens with one attached hydrogen (secondary N) is 1. The van der Waals surface area contributed by atoms with Gasteiger partial charge in [-0.1, -0.05) is 19.1 Å². The normalized spacial score (nSPS) is 20.4. The molecule has 15 heavy (non-hydrogen) atoms. The van der Waals surface area contributed by atoms with Gasteiger partial charge in [-0.25, -0.2) is 0 Å². The van der Waals surface area contributed by atoms with Crippen LogP contribution in [0.2, 0.25) is 0 Å². The van der Waals surface area contributed by atoms with E-state index < -0.39 is 0 Å². The van der Waals surface area contributed by atoms with E-state index in [4.69, 9.17) is 4.74 Å². The quantitative estimate of drug-likeness (QED) is 0.719. The Morgan fingerprint density at radius 3 is 2.80 bits per heavy atom. The van der Waals surface area contributed by atoms with Crippen molar-refractivity contribution in [3.63, 3.8) is 0 Å². The maximum atomic E-state index is 11.7. The van der Waals surface area contributed by atoms with Crippen molar-refractivity contribution in [3.8, 4) is 0 Å². The minimum atomic E-state index is 0.163. The van der Waals surface area contributed by atoms with Gasteiger partial charge >= 0.3 is 0 Å². The number of amides is 1. The van der Waals surface area contributed by atoms with E-state index in [2.05, 4.69) is 18.3 Å². The molecule has 0 aromatic carbocycles. The van der Waals surface area contributed by atoms with Crippen molar-refractivity contribution in [2.24, 2.45) is 11.8 Å². The first-order valence-corrected chi connectivity index (χ1v) is 5.72. The third kappa shape index (κ3) is 4.47. The van der Waals surface area contributed by atoms with Gasteiger partial charge in [0.2, 0.25) is 5.91 Å². The van der Waals surface area contributed by atoms with Crippen molar-refractivity contribution in [2.75, 3.05) is 19.8 Å². The first-order chi connectivity index (χ1) is 7.24. The summed E-state index contributed by atoms with van der Waals surface area (Å²) in [6.07, 6.45) is 5.85. The average Bonchev–Trinajstić information content (AvgIpc) is 2.27. The number of rotatable bonds is 4. The van der Waals surface area contributed by atoms with Crippen LogP contribution in [0.15, 0.2) is 12.2 Å². The Morgan fingerprint density at radius 1 is 1.53 bits per heavy atom. The monoisotopic (exact) mass is 211 g/mol. The summed E-state index contributed by atoms with van der Waals surface area (Å²) in [5, 5.41) is 2.99. The minimum Gasteiger partial charge on any atom is -0.381 e. The van der Waals surface area contributed by atoms with E-state index >= 15 is 0 Å². The number of hydrogen-bond donors (Lipinski definition) is 1. The Balaban J connectivity index is 2.22. The smallest absolute Gasteiger partial charge is 0.223 e. The van der Waals surface area contributed by atoms with Crippen molar-refractivity contribution in [1.82, 2.24) is 5.32 Å². The summed E-state index contributed by atoms with van der Waals surface area (Å²) in [7, 11) is 0. The Hall–Kier alpha value is -0.830. The molecule has 0 spiro atoms. The zero-order valence-electron chi connectivity index (χ0n) is 9.66. The van der Waals surface area contributed by atoms with Crippen LogP contribution in [0.25, 0.3) is 0 Å². The highest BCUT2D eigenvalue weighted by Gasteiger charge is 2.21. The van der Waals surface area contributed by atoms with Gasteiger partial charge in [-0.3, -0.25) is 4.79 Å². The molecule has 0 saturated carbocycles. The number of ether oxygens (including phenoxy) is 1. The lowest BCUT2D eigenvalue weighted by Crippen LogP contribution is -2.36. The maximum Gasteiger partial charge on any atom is 0.223 e. The largest absolute Gasteiger partial charge is 0.381 e. The molecule has 3 heteroatoms. The van der Waals surface area contributed by atoms with E-state index in [9.17, 15) is 4.79 Å². The molecule has 0 radical (unpaired) electrons. The van der Waals surface area contributed by atoms with Crippen LogP contribution >= 0.6 is 0 Å². The third-order valence-corrected chi connectivity index (χ3v) is 2.71. The van der Waals surface area contributed by atoms with Gasteiger partial charge < -0.3 is 10.1 Å². The molecule has 1 fully saturated rings. The lowest BCUT2D eigenvalue weighted by Gasteiger charge is -2.21. The van der Waals surface area contributed by atoms with Gasteiger partial charge in [0, 0.05) is 25.7 Å². The van der Waals surface area contributed by atoms with Crippen LogP contribution in [0.1, 0.15) is 26.7 Å². The third-order valence-electron chi connectivity index (χ3n) is 2.71. The molecule has 0 aromatic rings. The summed E-state index contributed by atoms with van der Waals surface area (Å²) in [5.41, 5.74) is 0. The second-order valence-electron chi connectivity index (χ2n) is 4.13. The molecule has 1 rings (SSSR count). The number of carbonyl (C=O) groups excluding carboxylic acids is 1. The highest BCUT2D eigenvalue weighted by molar-refractivity contribution is 5.78. The summed E-state index contributed by atoms with van der Waals surface area (Å²) >= 11 is 0. The molecule has 1 atom stereocenters. The van der Waals surface area contributed by atoms with Crippen LogP contribution < -0.4 is 5.32 Å². The molecule has 86 valence electrons. The van der Waals surface area contributed by atoms with Gasteiger partial charge in [0.1, 0.15) is 0 Å². The Morgan fingerprint density at radius 2 is 2.20 bits per heavy atom. The predicted molar refractivity (Wildman–Crippen MR) is 60.5 cm³/mol. The first-order valence-electron chi connectivity index (χ1n) is 5.72. The molecule has 0 aromatic heterocycles. The fourth-order valence-corrected chi connectivity index (χ4v) is 1.76. The van der Waals surface area contributed by atoms with E-state index in [0.29, 0.717) is 5.92 Å². The molecule has 1 aliphatic heterocycles. The number of hydrogen-bond acceptors (Lipinski definition) is 2. The van der Waals surface area contributed by atoms with Gasteiger partial charge in [0.05, 0.1) is 0 Å². The zero-order valence-corrected chi connectivity index (χ0v) is 9.66. The first kappa shape index (κ1) is 12.2. The predicted octanol–water partition coefficient (Wildman–Crippen LogP) is 1.74. The maximum absolute atomic E-state index is 11.7. The van der Waals surface area contributed by atoms with Crippen molar-refractivity contribution in [3.05, 3.63) is 12.2 Å². The zero-order chi connectivity index (χ0) is 11.1. The van der Waals surface area contributed by atoms with E-state index in [1.54, 1.807) is 0 Å². The second-order valence-corrected chi connectivity index (χ2v) is 4.13. The summed E-state index contributed by atoms with van der Waals surface area (Å²) < 4.78 is 5.22. The summed E-state index contributed by atoms with van der Waals surface area (Å²) in [6, 6.07) is 0. The fourth-order valence-electron chi connectivity index (χ4n) is 1.76.